The number of aromatic nitrogens is 1. The van der Waals surface area contributed by atoms with Crippen molar-refractivity contribution in [3.05, 3.63) is 9.98 Å². The van der Waals surface area contributed by atoms with Crippen LogP contribution in [0.15, 0.2) is 9.98 Å². The van der Waals surface area contributed by atoms with Crippen LogP contribution in [0.1, 0.15) is 6.42 Å². The van der Waals surface area contributed by atoms with Gasteiger partial charge in [0.15, 0.2) is 5.13 Å². The van der Waals surface area contributed by atoms with Gasteiger partial charge in [-0.3, -0.25) is 14.9 Å². The van der Waals surface area contributed by atoms with Crippen LogP contribution in [0, 0.1) is 0 Å². The highest BCUT2D eigenvalue weighted by atomic mass is 79.9. The Morgan fingerprint density at radius 1 is 1.65 bits per heavy atom. The van der Waals surface area contributed by atoms with Crippen LogP contribution in [0.25, 0.3) is 0 Å². The van der Waals surface area contributed by atoms with E-state index in [2.05, 4.69) is 31.5 Å². The molecule has 3 amide bonds. The molecular formula is C10H11BrN4O4S. The minimum Gasteiger partial charge on any atom is -0.481 e. The van der Waals surface area contributed by atoms with E-state index in [0.717, 1.165) is 3.79 Å². The number of hydrogen-bond donors (Lipinski definition) is 3. The quantitative estimate of drug-likeness (QED) is 0.733. The van der Waals surface area contributed by atoms with Gasteiger partial charge in [-0.1, -0.05) is 11.3 Å². The number of rotatable bonds is 3. The zero-order valence-electron chi connectivity index (χ0n) is 10.1. The number of thiazole rings is 1. The van der Waals surface area contributed by atoms with Gasteiger partial charge >= 0.3 is 12.0 Å². The number of urea groups is 1. The fourth-order valence-electron chi connectivity index (χ4n) is 1.80. The number of aliphatic carboxylic acids is 1. The molecule has 1 unspecified atom stereocenters. The van der Waals surface area contributed by atoms with Gasteiger partial charge in [0.2, 0.25) is 5.91 Å². The Morgan fingerprint density at radius 2 is 2.40 bits per heavy atom. The number of carbonyl (C=O) groups is 3. The van der Waals surface area contributed by atoms with Crippen molar-refractivity contribution in [2.24, 2.45) is 0 Å². The van der Waals surface area contributed by atoms with E-state index in [4.69, 9.17) is 5.11 Å². The number of carboxylic acid groups (broad SMARTS) is 1. The molecular weight excluding hydrogens is 352 g/mol. The van der Waals surface area contributed by atoms with Crippen molar-refractivity contribution < 1.29 is 19.5 Å². The van der Waals surface area contributed by atoms with Gasteiger partial charge in [0.05, 0.1) is 16.4 Å². The van der Waals surface area contributed by atoms with Crippen molar-refractivity contribution in [1.29, 1.82) is 0 Å². The zero-order chi connectivity index (χ0) is 14.7. The standard InChI is InChI=1S/C10H11BrN4O4S/c11-6-4-13-9(20-6)14-10(19)15-2-1-12-8(18)5(15)3-7(16)17/h4-5H,1-3H2,(H,12,18)(H,16,17)(H,13,14,19). The van der Waals surface area contributed by atoms with Gasteiger partial charge in [0, 0.05) is 13.1 Å². The third kappa shape index (κ3) is 3.45. The maximum absolute atomic E-state index is 12.1. The first-order valence-corrected chi connectivity index (χ1v) is 7.27. The summed E-state index contributed by atoms with van der Waals surface area (Å²) in [6.45, 7) is 0.548. The minimum absolute atomic E-state index is 0.252. The molecule has 3 N–H and O–H groups in total. The summed E-state index contributed by atoms with van der Waals surface area (Å²) in [5.74, 6) is -1.60. The second kappa shape index (κ2) is 6.18. The van der Waals surface area contributed by atoms with E-state index in [1.54, 1.807) is 0 Å². The number of nitrogens with one attached hydrogen (secondary N) is 2. The number of anilines is 1. The van der Waals surface area contributed by atoms with E-state index in [0.29, 0.717) is 11.7 Å². The van der Waals surface area contributed by atoms with Crippen LogP contribution < -0.4 is 10.6 Å². The lowest BCUT2D eigenvalue weighted by atomic mass is 10.1. The van der Waals surface area contributed by atoms with Gasteiger partial charge in [-0.2, -0.15) is 0 Å². The summed E-state index contributed by atoms with van der Waals surface area (Å²) < 4.78 is 0.756. The average molecular weight is 363 g/mol. The van der Waals surface area contributed by atoms with Crippen LogP contribution in [0.5, 0.6) is 0 Å². The number of carbonyl (C=O) groups excluding carboxylic acids is 2. The number of halogens is 1. The molecule has 1 aliphatic heterocycles. The minimum atomic E-state index is -1.14. The molecule has 2 rings (SSSR count). The van der Waals surface area contributed by atoms with E-state index in [1.165, 1.54) is 22.4 Å². The summed E-state index contributed by atoms with van der Waals surface area (Å²) >= 11 is 4.45. The topological polar surface area (TPSA) is 112 Å². The Labute approximate surface area is 126 Å². The third-order valence-electron chi connectivity index (χ3n) is 2.65. The summed E-state index contributed by atoms with van der Waals surface area (Å²) in [5.41, 5.74) is 0. The van der Waals surface area contributed by atoms with Gasteiger partial charge in [0.1, 0.15) is 6.04 Å². The largest absolute Gasteiger partial charge is 0.481 e. The first kappa shape index (κ1) is 14.7. The Hall–Kier alpha value is -1.68. The molecule has 0 saturated carbocycles. The molecule has 1 atom stereocenters. The number of hydrogen-bond acceptors (Lipinski definition) is 5. The lowest BCUT2D eigenvalue weighted by molar-refractivity contribution is -0.142. The summed E-state index contributed by atoms with van der Waals surface area (Å²) in [5, 5.41) is 14.3. The van der Waals surface area contributed by atoms with Gasteiger partial charge in [-0.25, -0.2) is 9.78 Å². The van der Waals surface area contributed by atoms with Crippen molar-refractivity contribution in [3.63, 3.8) is 0 Å². The van der Waals surface area contributed by atoms with Crippen LogP contribution >= 0.6 is 27.3 Å². The highest BCUT2D eigenvalue weighted by Crippen LogP contribution is 2.23. The zero-order valence-corrected chi connectivity index (χ0v) is 12.5. The van der Waals surface area contributed by atoms with E-state index < -0.39 is 30.4 Å². The van der Waals surface area contributed by atoms with Crippen molar-refractivity contribution in [3.8, 4) is 0 Å². The monoisotopic (exact) mass is 362 g/mol. The van der Waals surface area contributed by atoms with Crippen LogP contribution in [-0.4, -0.2) is 52.0 Å². The smallest absolute Gasteiger partial charge is 0.324 e. The van der Waals surface area contributed by atoms with Crippen LogP contribution in [-0.2, 0) is 9.59 Å². The maximum atomic E-state index is 12.1. The van der Waals surface area contributed by atoms with Crippen molar-refractivity contribution >= 4 is 50.3 Å². The molecule has 1 saturated heterocycles. The summed E-state index contributed by atoms with van der Waals surface area (Å²) in [6.07, 6.45) is 1.11. The SMILES string of the molecule is O=C(O)CC1C(=O)NCCN1C(=O)Nc1ncc(Br)s1. The molecule has 1 aromatic heterocycles. The molecule has 10 heteroatoms. The van der Waals surface area contributed by atoms with E-state index >= 15 is 0 Å². The van der Waals surface area contributed by atoms with Gasteiger partial charge in [-0.05, 0) is 15.9 Å². The molecule has 108 valence electrons. The number of piperazine rings is 1. The number of carboxylic acids is 1. The molecule has 0 aliphatic carbocycles. The molecule has 1 aliphatic rings. The highest BCUT2D eigenvalue weighted by Gasteiger charge is 2.34. The maximum Gasteiger partial charge on any atom is 0.324 e. The first-order chi connectivity index (χ1) is 9.47. The molecule has 2 heterocycles. The van der Waals surface area contributed by atoms with Crippen molar-refractivity contribution in [1.82, 2.24) is 15.2 Å². The van der Waals surface area contributed by atoms with E-state index in [1.807, 2.05) is 0 Å². The number of nitrogens with zero attached hydrogens (tertiary/aromatic N) is 2. The van der Waals surface area contributed by atoms with Gasteiger partial charge in [0.25, 0.3) is 0 Å². The van der Waals surface area contributed by atoms with Crippen molar-refractivity contribution in [2.45, 2.75) is 12.5 Å². The van der Waals surface area contributed by atoms with Gasteiger partial charge < -0.3 is 15.3 Å². The van der Waals surface area contributed by atoms with Crippen LogP contribution in [0.4, 0.5) is 9.93 Å². The van der Waals surface area contributed by atoms with E-state index in [9.17, 15) is 14.4 Å². The van der Waals surface area contributed by atoms with Crippen molar-refractivity contribution in [2.75, 3.05) is 18.4 Å². The molecule has 0 radical (unpaired) electrons. The number of amides is 3. The summed E-state index contributed by atoms with van der Waals surface area (Å²) in [7, 11) is 0. The Balaban J connectivity index is 2.08. The molecule has 0 aromatic carbocycles. The van der Waals surface area contributed by atoms with Crippen LogP contribution in [0.3, 0.4) is 0 Å². The Bertz CT molecular complexity index is 549. The normalized spacial score (nSPS) is 18.6. The Morgan fingerprint density at radius 3 is 3.00 bits per heavy atom. The fourth-order valence-corrected chi connectivity index (χ4v) is 2.90. The highest BCUT2D eigenvalue weighted by molar-refractivity contribution is 9.11. The predicted molar refractivity (Wildman–Crippen MR) is 74.6 cm³/mol. The Kier molecular flexibility index (Phi) is 4.55. The predicted octanol–water partition coefficient (Wildman–Crippen LogP) is 0.713. The average Bonchev–Trinajstić information content (AvgIpc) is 2.76. The molecule has 1 fully saturated rings. The molecule has 8 nitrogen and oxygen atoms in total. The van der Waals surface area contributed by atoms with Crippen LogP contribution in [0.2, 0.25) is 0 Å². The second-order valence-electron chi connectivity index (χ2n) is 4.00. The third-order valence-corrected chi connectivity index (χ3v) is 4.04. The fraction of sp³-hybridized carbons (Fsp3) is 0.400. The lowest BCUT2D eigenvalue weighted by Crippen LogP contribution is -2.58. The summed E-state index contributed by atoms with van der Waals surface area (Å²) in [4.78, 5) is 39.7. The second-order valence-corrected chi connectivity index (χ2v) is 6.41. The van der Waals surface area contributed by atoms with Gasteiger partial charge in [-0.15, -0.1) is 0 Å². The molecule has 1 aromatic rings. The first-order valence-electron chi connectivity index (χ1n) is 5.66. The molecule has 0 bridgehead atoms. The molecule has 20 heavy (non-hydrogen) atoms. The molecule has 0 spiro atoms. The summed E-state index contributed by atoms with van der Waals surface area (Å²) in [6, 6.07) is -1.54. The van der Waals surface area contributed by atoms with E-state index in [-0.39, 0.29) is 6.54 Å². The lowest BCUT2D eigenvalue weighted by Gasteiger charge is -2.33.